The lowest BCUT2D eigenvalue weighted by molar-refractivity contribution is 0.669. The molecule has 0 saturated carbocycles. The molecule has 0 unspecified atom stereocenters. The quantitative estimate of drug-likeness (QED) is 0.157. The van der Waals surface area contributed by atoms with Crippen molar-refractivity contribution in [1.29, 1.82) is 0 Å². The highest BCUT2D eigenvalue weighted by Crippen LogP contribution is 2.47. The molecule has 0 atom stereocenters. The van der Waals surface area contributed by atoms with E-state index in [1.807, 2.05) is 6.07 Å². The molecule has 0 saturated heterocycles. The Kier molecular flexibility index (Phi) is 9.12. The minimum atomic E-state index is 0.812. The SMILES string of the molecule is c1ccc(-c2cc(Nc3ccccc3-c3ccccc3)cc(N(c3cc(-n4c5ccccc5c5ccccc54)c4c(c3)oc3ccccc34)c3ccccc3-c3ccccc3)c2)cc1. The average Bonchev–Trinajstić information content (AvgIpc) is 3.91. The van der Waals surface area contributed by atoms with E-state index in [1.165, 1.54) is 10.8 Å². The molecular formula is C60H41N3O. The smallest absolute Gasteiger partial charge is 0.139 e. The maximum absolute atomic E-state index is 6.89. The van der Waals surface area contributed by atoms with Crippen molar-refractivity contribution in [3.8, 4) is 39.1 Å². The first-order valence-electron chi connectivity index (χ1n) is 21.8. The van der Waals surface area contributed by atoms with Crippen LogP contribution in [0.2, 0.25) is 0 Å². The highest BCUT2D eigenvalue weighted by Gasteiger charge is 2.24. The highest BCUT2D eigenvalue weighted by atomic mass is 16.3. The molecule has 4 nitrogen and oxygen atoms in total. The second kappa shape index (κ2) is 15.7. The number of nitrogens with zero attached hydrogens (tertiary/aromatic N) is 2. The number of furan rings is 1. The number of fused-ring (bicyclic) bond motifs is 6. The predicted octanol–water partition coefficient (Wildman–Crippen LogP) is 16.9. The Morgan fingerprint density at radius 3 is 1.61 bits per heavy atom. The number of nitrogens with one attached hydrogen (secondary N) is 1. The number of hydrogen-bond donors (Lipinski definition) is 1. The number of para-hydroxylation sites is 5. The van der Waals surface area contributed by atoms with Gasteiger partial charge in [0.1, 0.15) is 11.2 Å². The van der Waals surface area contributed by atoms with Crippen LogP contribution < -0.4 is 10.2 Å². The fraction of sp³-hybridized carbons (Fsp3) is 0. The van der Waals surface area contributed by atoms with Crippen molar-refractivity contribution in [2.24, 2.45) is 0 Å². The van der Waals surface area contributed by atoms with Crippen molar-refractivity contribution >= 4 is 72.2 Å². The van der Waals surface area contributed by atoms with Crippen LogP contribution in [0.25, 0.3) is 82.8 Å². The first kappa shape index (κ1) is 37.2. The summed E-state index contributed by atoms with van der Waals surface area (Å²) < 4.78 is 9.32. The van der Waals surface area contributed by atoms with E-state index in [9.17, 15) is 0 Å². The van der Waals surface area contributed by atoms with Crippen molar-refractivity contribution in [1.82, 2.24) is 4.57 Å². The summed E-state index contributed by atoms with van der Waals surface area (Å²) in [5.74, 6) is 0. The van der Waals surface area contributed by atoms with Crippen LogP contribution in [0.4, 0.5) is 28.4 Å². The van der Waals surface area contributed by atoms with E-state index < -0.39 is 0 Å². The molecule has 10 aromatic carbocycles. The van der Waals surface area contributed by atoms with E-state index >= 15 is 0 Å². The fourth-order valence-corrected chi connectivity index (χ4v) is 9.49. The summed E-state index contributed by atoms with van der Waals surface area (Å²) in [7, 11) is 0. The molecule has 0 aliphatic heterocycles. The second-order valence-electron chi connectivity index (χ2n) is 16.2. The number of anilines is 5. The van der Waals surface area contributed by atoms with Crippen LogP contribution in [0, 0.1) is 0 Å². The molecule has 2 heterocycles. The number of benzene rings is 10. The number of rotatable bonds is 9. The van der Waals surface area contributed by atoms with Gasteiger partial charge in [0.2, 0.25) is 0 Å². The van der Waals surface area contributed by atoms with Gasteiger partial charge in [-0.1, -0.05) is 182 Å². The Morgan fingerprint density at radius 2 is 0.906 bits per heavy atom. The number of aromatic nitrogens is 1. The minimum absolute atomic E-state index is 0.812. The zero-order valence-corrected chi connectivity index (χ0v) is 34.9. The Bertz CT molecular complexity index is 3590. The molecule has 0 amide bonds. The minimum Gasteiger partial charge on any atom is -0.456 e. The molecule has 0 aliphatic carbocycles. The van der Waals surface area contributed by atoms with Gasteiger partial charge in [0.15, 0.2) is 0 Å². The lowest BCUT2D eigenvalue weighted by Gasteiger charge is -2.29. The molecular weight excluding hydrogens is 779 g/mol. The predicted molar refractivity (Wildman–Crippen MR) is 269 cm³/mol. The Morgan fingerprint density at radius 1 is 0.375 bits per heavy atom. The fourth-order valence-electron chi connectivity index (χ4n) is 9.49. The zero-order chi connectivity index (χ0) is 42.4. The van der Waals surface area contributed by atoms with Gasteiger partial charge in [0.25, 0.3) is 0 Å². The van der Waals surface area contributed by atoms with Gasteiger partial charge in [-0.05, 0) is 76.9 Å². The molecule has 64 heavy (non-hydrogen) atoms. The standard InChI is InChI=1S/C60H41N3O/c1-4-20-41(21-5-1)44-36-45(61-53-31-15-10-26-48(53)42-22-6-2-7-23-42)38-46(37-44)62(54-32-16-11-27-49(54)43-24-8-3-9-25-43)47-39-57(60-52-30-14-19-35-58(52)64-59(60)40-47)63-55-33-17-12-28-50(55)51-29-13-18-34-56(51)63/h1-40,61H. The van der Waals surface area contributed by atoms with Crippen molar-refractivity contribution in [3.05, 3.63) is 243 Å². The van der Waals surface area contributed by atoms with Crippen molar-refractivity contribution < 1.29 is 4.42 Å². The van der Waals surface area contributed by atoms with E-state index in [1.54, 1.807) is 0 Å². The van der Waals surface area contributed by atoms with E-state index in [0.29, 0.717) is 0 Å². The molecule has 0 radical (unpaired) electrons. The van der Waals surface area contributed by atoms with Gasteiger partial charge in [-0.15, -0.1) is 0 Å². The Labute approximate surface area is 371 Å². The summed E-state index contributed by atoms with van der Waals surface area (Å²) in [6.07, 6.45) is 0. The summed E-state index contributed by atoms with van der Waals surface area (Å²) in [4.78, 5) is 2.41. The summed E-state index contributed by atoms with van der Waals surface area (Å²) in [5, 5.41) is 8.46. The maximum Gasteiger partial charge on any atom is 0.139 e. The molecule has 12 aromatic rings. The molecule has 302 valence electrons. The summed E-state index contributed by atoms with van der Waals surface area (Å²) in [5.41, 5.74) is 16.7. The Balaban J connectivity index is 1.16. The lowest BCUT2D eigenvalue weighted by atomic mass is 9.99. The number of hydrogen-bond acceptors (Lipinski definition) is 3. The van der Waals surface area contributed by atoms with Gasteiger partial charge in [0, 0.05) is 50.4 Å². The van der Waals surface area contributed by atoms with Gasteiger partial charge in [-0.2, -0.15) is 0 Å². The first-order chi connectivity index (χ1) is 31.7. The summed E-state index contributed by atoms with van der Waals surface area (Å²) >= 11 is 0. The molecule has 1 N–H and O–H groups in total. The third-order valence-corrected chi connectivity index (χ3v) is 12.3. The molecule has 12 rings (SSSR count). The largest absolute Gasteiger partial charge is 0.456 e. The van der Waals surface area contributed by atoms with E-state index in [0.717, 1.165) is 100 Å². The zero-order valence-electron chi connectivity index (χ0n) is 34.9. The molecule has 0 fully saturated rings. The Hall–Kier alpha value is -8.60. The average molecular weight is 820 g/mol. The monoisotopic (exact) mass is 819 g/mol. The van der Waals surface area contributed by atoms with Crippen LogP contribution in [0.5, 0.6) is 0 Å². The van der Waals surface area contributed by atoms with Gasteiger partial charge in [0.05, 0.1) is 33.5 Å². The molecule has 0 aliphatic rings. The van der Waals surface area contributed by atoms with Crippen LogP contribution >= 0.6 is 0 Å². The first-order valence-corrected chi connectivity index (χ1v) is 21.8. The van der Waals surface area contributed by atoms with Crippen LogP contribution in [0.3, 0.4) is 0 Å². The normalized spacial score (nSPS) is 11.4. The van der Waals surface area contributed by atoms with Crippen LogP contribution in [-0.4, -0.2) is 4.57 Å². The van der Waals surface area contributed by atoms with Gasteiger partial charge in [-0.3, -0.25) is 0 Å². The van der Waals surface area contributed by atoms with Gasteiger partial charge < -0.3 is 19.2 Å². The third kappa shape index (κ3) is 6.48. The second-order valence-corrected chi connectivity index (χ2v) is 16.2. The summed E-state index contributed by atoms with van der Waals surface area (Å²) in [6.45, 7) is 0. The van der Waals surface area contributed by atoms with Crippen molar-refractivity contribution in [2.75, 3.05) is 10.2 Å². The van der Waals surface area contributed by atoms with Gasteiger partial charge >= 0.3 is 0 Å². The molecule has 0 spiro atoms. The van der Waals surface area contributed by atoms with Crippen LogP contribution in [0.1, 0.15) is 0 Å². The van der Waals surface area contributed by atoms with E-state index in [4.69, 9.17) is 4.42 Å². The van der Waals surface area contributed by atoms with Crippen molar-refractivity contribution in [3.63, 3.8) is 0 Å². The molecule has 2 aromatic heterocycles. The maximum atomic E-state index is 6.89. The molecule has 0 bridgehead atoms. The highest BCUT2D eigenvalue weighted by molar-refractivity contribution is 6.15. The molecule has 4 heteroatoms. The topological polar surface area (TPSA) is 33.3 Å². The third-order valence-electron chi connectivity index (χ3n) is 12.3. The van der Waals surface area contributed by atoms with Crippen LogP contribution in [0.15, 0.2) is 247 Å². The van der Waals surface area contributed by atoms with Crippen LogP contribution in [-0.2, 0) is 0 Å². The summed E-state index contributed by atoms with van der Waals surface area (Å²) in [6, 6.07) is 86.4. The van der Waals surface area contributed by atoms with Gasteiger partial charge in [-0.25, -0.2) is 0 Å². The van der Waals surface area contributed by atoms with E-state index in [2.05, 4.69) is 251 Å². The van der Waals surface area contributed by atoms with E-state index in [-0.39, 0.29) is 0 Å². The van der Waals surface area contributed by atoms with Crippen molar-refractivity contribution in [2.45, 2.75) is 0 Å². The lowest BCUT2D eigenvalue weighted by Crippen LogP contribution is -2.12.